The number of aryl methyl sites for hydroxylation is 4. The molecular formula is C18H22N4O2S. The van der Waals surface area contributed by atoms with Crippen LogP contribution in [0.15, 0.2) is 30.3 Å². The zero-order valence-corrected chi connectivity index (χ0v) is 15.3. The molecule has 6 nitrogen and oxygen atoms in total. The summed E-state index contributed by atoms with van der Waals surface area (Å²) >= 11 is 0. The van der Waals surface area contributed by atoms with Crippen molar-refractivity contribution in [3.05, 3.63) is 47.7 Å². The van der Waals surface area contributed by atoms with Crippen molar-refractivity contribution in [2.45, 2.75) is 39.3 Å². The van der Waals surface area contributed by atoms with Crippen LogP contribution < -0.4 is 0 Å². The van der Waals surface area contributed by atoms with Crippen LogP contribution in [-0.2, 0) is 22.8 Å². The number of fused-ring (bicyclic) bond motifs is 1. The lowest BCUT2D eigenvalue weighted by atomic mass is 10.2. The summed E-state index contributed by atoms with van der Waals surface area (Å²) < 4.78 is 27.7. The summed E-state index contributed by atoms with van der Waals surface area (Å²) in [6, 6.07) is 10.5. The maximum atomic E-state index is 11.8. The molecule has 1 aliphatic heterocycles. The zero-order valence-electron chi connectivity index (χ0n) is 14.5. The maximum Gasteiger partial charge on any atom is 0.152 e. The Morgan fingerprint density at radius 1 is 1.24 bits per heavy atom. The average molecular weight is 358 g/mol. The van der Waals surface area contributed by atoms with E-state index in [1.54, 1.807) is 0 Å². The molecule has 1 atom stereocenters. The van der Waals surface area contributed by atoms with Gasteiger partial charge in [-0.1, -0.05) is 18.2 Å². The second kappa shape index (κ2) is 5.98. The molecule has 0 saturated carbocycles. The normalized spacial score (nSPS) is 19.7. The number of hydrogen-bond donors (Lipinski definition) is 0. The molecule has 3 heterocycles. The van der Waals surface area contributed by atoms with Gasteiger partial charge in [0.15, 0.2) is 9.84 Å². The lowest BCUT2D eigenvalue weighted by molar-refractivity contribution is 0.468. The van der Waals surface area contributed by atoms with Crippen LogP contribution in [-0.4, -0.2) is 39.3 Å². The monoisotopic (exact) mass is 358 g/mol. The summed E-state index contributed by atoms with van der Waals surface area (Å²) in [5, 5.41) is 5.71. The van der Waals surface area contributed by atoms with Gasteiger partial charge < -0.3 is 4.57 Å². The van der Waals surface area contributed by atoms with E-state index in [0.29, 0.717) is 12.2 Å². The van der Waals surface area contributed by atoms with Gasteiger partial charge in [-0.05, 0) is 37.8 Å². The third kappa shape index (κ3) is 3.08. The molecule has 1 saturated heterocycles. The first-order valence-electron chi connectivity index (χ1n) is 8.60. The molecule has 0 amide bonds. The molecule has 25 heavy (non-hydrogen) atoms. The van der Waals surface area contributed by atoms with E-state index < -0.39 is 9.84 Å². The molecular weight excluding hydrogens is 336 g/mol. The highest BCUT2D eigenvalue weighted by Gasteiger charge is 2.31. The lowest BCUT2D eigenvalue weighted by Crippen LogP contribution is -2.17. The third-order valence-corrected chi connectivity index (χ3v) is 6.69. The third-order valence-electron chi connectivity index (χ3n) is 4.94. The number of sulfone groups is 1. The first kappa shape index (κ1) is 16.3. The number of hydrogen-bond acceptors (Lipinski definition) is 4. The quantitative estimate of drug-likeness (QED) is 0.718. The van der Waals surface area contributed by atoms with Crippen LogP contribution in [0.5, 0.6) is 0 Å². The minimum absolute atomic E-state index is 0.0799. The number of nitrogens with zero attached hydrogens (tertiary/aromatic N) is 4. The van der Waals surface area contributed by atoms with Crippen molar-refractivity contribution in [3.63, 3.8) is 0 Å². The average Bonchev–Trinajstić information content (AvgIpc) is 3.20. The standard InChI is InChI=1S/C18H22N4O2S/c1-13-11-15-5-3-4-6-17(15)21(13)9-7-18-19-14(2)20-22(18)16-8-10-25(23,24)12-16/h3-6,11,16H,7-10,12H2,1-2H3/t16-/m1/s1. The van der Waals surface area contributed by atoms with Gasteiger partial charge >= 0.3 is 0 Å². The summed E-state index contributed by atoms with van der Waals surface area (Å²) in [6.07, 6.45) is 1.36. The molecule has 0 unspecified atom stereocenters. The van der Waals surface area contributed by atoms with Crippen LogP contribution in [0.3, 0.4) is 0 Å². The van der Waals surface area contributed by atoms with Crippen molar-refractivity contribution in [2.24, 2.45) is 0 Å². The van der Waals surface area contributed by atoms with E-state index in [-0.39, 0.29) is 17.5 Å². The maximum absolute atomic E-state index is 11.8. The van der Waals surface area contributed by atoms with Crippen LogP contribution in [0.4, 0.5) is 0 Å². The highest BCUT2D eigenvalue weighted by molar-refractivity contribution is 7.91. The molecule has 0 bridgehead atoms. The van der Waals surface area contributed by atoms with E-state index in [1.807, 2.05) is 23.7 Å². The second-order valence-electron chi connectivity index (χ2n) is 6.82. The molecule has 2 aromatic heterocycles. The van der Waals surface area contributed by atoms with Gasteiger partial charge in [0.25, 0.3) is 0 Å². The fourth-order valence-electron chi connectivity index (χ4n) is 3.76. The first-order chi connectivity index (χ1) is 11.9. The molecule has 3 aromatic rings. The van der Waals surface area contributed by atoms with Gasteiger partial charge in [-0.2, -0.15) is 5.10 Å². The number of aromatic nitrogens is 4. The fourth-order valence-corrected chi connectivity index (χ4v) is 5.45. The van der Waals surface area contributed by atoms with Gasteiger partial charge in [-0.3, -0.25) is 0 Å². The minimum Gasteiger partial charge on any atom is -0.344 e. The zero-order chi connectivity index (χ0) is 17.6. The Balaban J connectivity index is 1.60. The summed E-state index contributed by atoms with van der Waals surface area (Å²) in [7, 11) is -2.94. The van der Waals surface area contributed by atoms with Gasteiger partial charge in [0.05, 0.1) is 17.5 Å². The molecule has 0 spiro atoms. The van der Waals surface area contributed by atoms with Crippen molar-refractivity contribution in [3.8, 4) is 0 Å². The highest BCUT2D eigenvalue weighted by Crippen LogP contribution is 2.25. The van der Waals surface area contributed by atoms with E-state index in [2.05, 4.69) is 39.8 Å². The van der Waals surface area contributed by atoms with Gasteiger partial charge in [-0.15, -0.1) is 0 Å². The number of para-hydroxylation sites is 1. The summed E-state index contributed by atoms with van der Waals surface area (Å²) in [4.78, 5) is 4.56. The van der Waals surface area contributed by atoms with E-state index in [4.69, 9.17) is 0 Å². The lowest BCUT2D eigenvalue weighted by Gasteiger charge is -2.13. The molecule has 0 radical (unpaired) electrons. The fraction of sp³-hybridized carbons (Fsp3) is 0.444. The summed E-state index contributed by atoms with van der Waals surface area (Å²) in [5.74, 6) is 2.00. The van der Waals surface area contributed by atoms with Gasteiger partial charge in [-0.25, -0.2) is 18.1 Å². The van der Waals surface area contributed by atoms with E-state index in [9.17, 15) is 8.42 Å². The number of benzene rings is 1. The minimum atomic E-state index is -2.94. The molecule has 7 heteroatoms. The predicted octanol–water partition coefficient (Wildman–Crippen LogP) is 2.45. The SMILES string of the molecule is Cc1nc(CCn2c(C)cc3ccccc32)n([C@@H]2CCS(=O)(=O)C2)n1. The van der Waals surface area contributed by atoms with E-state index in [1.165, 1.54) is 16.6 Å². The van der Waals surface area contributed by atoms with Gasteiger partial charge in [0.2, 0.25) is 0 Å². The van der Waals surface area contributed by atoms with Crippen molar-refractivity contribution < 1.29 is 8.42 Å². The highest BCUT2D eigenvalue weighted by atomic mass is 32.2. The van der Waals surface area contributed by atoms with Crippen molar-refractivity contribution in [1.29, 1.82) is 0 Å². The van der Waals surface area contributed by atoms with Crippen LogP contribution in [0.1, 0.15) is 29.8 Å². The van der Waals surface area contributed by atoms with Crippen molar-refractivity contribution in [1.82, 2.24) is 19.3 Å². The van der Waals surface area contributed by atoms with E-state index >= 15 is 0 Å². The Morgan fingerprint density at radius 2 is 2.04 bits per heavy atom. The van der Waals surface area contributed by atoms with E-state index in [0.717, 1.165) is 18.8 Å². The predicted molar refractivity (Wildman–Crippen MR) is 97.4 cm³/mol. The van der Waals surface area contributed by atoms with Crippen molar-refractivity contribution in [2.75, 3.05) is 11.5 Å². The Bertz CT molecular complexity index is 1030. The Labute approximate surface area is 147 Å². The molecule has 1 fully saturated rings. The van der Waals surface area contributed by atoms with Crippen molar-refractivity contribution >= 4 is 20.7 Å². The van der Waals surface area contributed by atoms with Crippen LogP contribution in [0.2, 0.25) is 0 Å². The van der Waals surface area contributed by atoms with Crippen LogP contribution >= 0.6 is 0 Å². The van der Waals surface area contributed by atoms with Gasteiger partial charge in [0.1, 0.15) is 11.6 Å². The molecule has 0 N–H and O–H groups in total. The van der Waals surface area contributed by atoms with Gasteiger partial charge in [0, 0.05) is 24.2 Å². The molecule has 4 rings (SSSR count). The summed E-state index contributed by atoms with van der Waals surface area (Å²) in [5.41, 5.74) is 2.43. The number of rotatable bonds is 4. The molecule has 1 aromatic carbocycles. The largest absolute Gasteiger partial charge is 0.344 e. The molecule has 132 valence electrons. The van der Waals surface area contributed by atoms with Crippen LogP contribution in [0.25, 0.3) is 10.9 Å². The second-order valence-corrected chi connectivity index (χ2v) is 9.05. The molecule has 1 aliphatic rings. The first-order valence-corrected chi connectivity index (χ1v) is 10.4. The molecule has 0 aliphatic carbocycles. The topological polar surface area (TPSA) is 69.8 Å². The Morgan fingerprint density at radius 3 is 2.80 bits per heavy atom. The van der Waals surface area contributed by atoms with Crippen LogP contribution in [0, 0.1) is 13.8 Å². The Hall–Kier alpha value is -2.15. The summed E-state index contributed by atoms with van der Waals surface area (Å²) in [6.45, 7) is 4.77. The Kier molecular flexibility index (Phi) is 3.91. The smallest absolute Gasteiger partial charge is 0.152 e.